The first-order valence-electron chi connectivity index (χ1n) is 12.3. The number of nitrogens with zero attached hydrogens (tertiary/aromatic N) is 3. The Morgan fingerprint density at radius 1 is 0.971 bits per heavy atom. The van der Waals surface area contributed by atoms with Crippen LogP contribution in [0.5, 0.6) is 0 Å². The number of para-hydroxylation sites is 1. The Hall–Kier alpha value is -3.39. The van der Waals surface area contributed by atoms with Gasteiger partial charge in [-0.05, 0) is 49.6 Å². The first kappa shape index (κ1) is 26.2. The van der Waals surface area contributed by atoms with Gasteiger partial charge in [-0.25, -0.2) is 4.79 Å². The molecular formula is C27H37N5O3. The van der Waals surface area contributed by atoms with Crippen LogP contribution in [0.15, 0.2) is 48.5 Å². The Balaban J connectivity index is 1.41. The molecule has 2 aromatic carbocycles. The van der Waals surface area contributed by atoms with Gasteiger partial charge in [0.25, 0.3) is 5.91 Å². The van der Waals surface area contributed by atoms with Crippen LogP contribution in [0.4, 0.5) is 10.5 Å². The van der Waals surface area contributed by atoms with Gasteiger partial charge >= 0.3 is 6.03 Å². The maximum atomic E-state index is 12.6. The summed E-state index contributed by atoms with van der Waals surface area (Å²) in [6.07, 6.45) is 0.863. The molecule has 8 nitrogen and oxygen atoms in total. The summed E-state index contributed by atoms with van der Waals surface area (Å²) in [6.45, 7) is 9.16. The van der Waals surface area contributed by atoms with Crippen LogP contribution >= 0.6 is 0 Å². The molecule has 1 aliphatic rings. The van der Waals surface area contributed by atoms with E-state index in [9.17, 15) is 14.4 Å². The first-order chi connectivity index (χ1) is 16.8. The Morgan fingerprint density at radius 2 is 1.63 bits per heavy atom. The minimum absolute atomic E-state index is 0.0169. The van der Waals surface area contributed by atoms with Crippen molar-refractivity contribution in [2.75, 3.05) is 45.1 Å². The molecule has 1 heterocycles. The molecule has 188 valence electrons. The van der Waals surface area contributed by atoms with Crippen LogP contribution in [0.25, 0.3) is 0 Å². The van der Waals surface area contributed by atoms with E-state index in [2.05, 4.69) is 22.5 Å². The monoisotopic (exact) mass is 479 g/mol. The van der Waals surface area contributed by atoms with Crippen molar-refractivity contribution >= 4 is 23.5 Å². The summed E-state index contributed by atoms with van der Waals surface area (Å²) in [5.74, 6) is -0.0537. The van der Waals surface area contributed by atoms with Crippen molar-refractivity contribution in [2.24, 2.45) is 0 Å². The first-order valence-corrected chi connectivity index (χ1v) is 12.3. The van der Waals surface area contributed by atoms with Crippen LogP contribution in [-0.2, 0) is 17.8 Å². The number of piperazine rings is 1. The molecular weight excluding hydrogens is 442 g/mol. The van der Waals surface area contributed by atoms with E-state index < -0.39 is 0 Å². The van der Waals surface area contributed by atoms with Crippen LogP contribution < -0.4 is 10.6 Å². The minimum Gasteiger partial charge on any atom is -0.339 e. The van der Waals surface area contributed by atoms with Crippen molar-refractivity contribution in [1.82, 2.24) is 20.0 Å². The zero-order valence-corrected chi connectivity index (χ0v) is 21.2. The second-order valence-electron chi connectivity index (χ2n) is 9.19. The molecule has 1 aliphatic heterocycles. The quantitative estimate of drug-likeness (QED) is 0.609. The molecule has 1 fully saturated rings. The third-order valence-electron chi connectivity index (χ3n) is 6.44. The Labute approximate surface area is 208 Å². The van der Waals surface area contributed by atoms with Crippen molar-refractivity contribution < 1.29 is 14.4 Å². The number of anilines is 1. The summed E-state index contributed by atoms with van der Waals surface area (Å²) in [6, 6.07) is 15.2. The molecule has 0 saturated carbocycles. The number of amides is 4. The second-order valence-corrected chi connectivity index (χ2v) is 9.19. The number of benzene rings is 2. The van der Waals surface area contributed by atoms with E-state index in [0.29, 0.717) is 44.8 Å². The Bertz CT molecular complexity index is 1010. The topological polar surface area (TPSA) is 85.0 Å². The molecule has 0 aliphatic carbocycles. The molecule has 4 amide bonds. The zero-order chi connectivity index (χ0) is 25.4. The summed E-state index contributed by atoms with van der Waals surface area (Å²) < 4.78 is 0. The van der Waals surface area contributed by atoms with Gasteiger partial charge in [0.2, 0.25) is 5.91 Å². The van der Waals surface area contributed by atoms with Gasteiger partial charge in [-0.2, -0.15) is 0 Å². The third kappa shape index (κ3) is 7.29. The maximum absolute atomic E-state index is 12.6. The summed E-state index contributed by atoms with van der Waals surface area (Å²) >= 11 is 0. The van der Waals surface area contributed by atoms with Crippen molar-refractivity contribution in [3.05, 3.63) is 65.2 Å². The van der Waals surface area contributed by atoms with Gasteiger partial charge in [0.05, 0.1) is 6.54 Å². The van der Waals surface area contributed by atoms with Crippen LogP contribution in [-0.4, -0.2) is 78.4 Å². The van der Waals surface area contributed by atoms with E-state index in [1.54, 1.807) is 29.0 Å². The van der Waals surface area contributed by atoms with Crippen LogP contribution in [0, 0.1) is 0 Å². The average molecular weight is 480 g/mol. The fourth-order valence-corrected chi connectivity index (χ4v) is 3.95. The van der Waals surface area contributed by atoms with E-state index >= 15 is 0 Å². The number of carbonyl (C=O) groups excluding carboxylic acids is 3. The molecule has 3 rings (SSSR count). The van der Waals surface area contributed by atoms with Gasteiger partial charge < -0.3 is 20.4 Å². The van der Waals surface area contributed by atoms with Crippen LogP contribution in [0.1, 0.15) is 42.3 Å². The van der Waals surface area contributed by atoms with Crippen molar-refractivity contribution in [3.63, 3.8) is 0 Å². The van der Waals surface area contributed by atoms with E-state index in [1.807, 2.05) is 50.2 Å². The summed E-state index contributed by atoms with van der Waals surface area (Å²) in [5.41, 5.74) is 3.55. The fraction of sp³-hybridized carbons (Fsp3) is 0.444. The van der Waals surface area contributed by atoms with E-state index in [0.717, 1.165) is 23.2 Å². The maximum Gasteiger partial charge on any atom is 0.317 e. The standard InChI is InChI=1S/C27H37N5O3/c1-5-22-8-6-7-9-24(22)29-25(33)19-31-14-16-32(17-15-31)27(35)28-18-21-10-12-23(13-11-21)26(34)30(4)20(2)3/h6-13,20H,5,14-19H2,1-4H3,(H,28,35)(H,29,33). The largest absolute Gasteiger partial charge is 0.339 e. The number of hydrogen-bond donors (Lipinski definition) is 2. The summed E-state index contributed by atoms with van der Waals surface area (Å²) in [4.78, 5) is 43.0. The number of urea groups is 1. The van der Waals surface area contributed by atoms with Crippen LogP contribution in [0.2, 0.25) is 0 Å². The van der Waals surface area contributed by atoms with Crippen molar-refractivity contribution in [3.8, 4) is 0 Å². The van der Waals surface area contributed by atoms with Gasteiger partial charge in [-0.3, -0.25) is 14.5 Å². The van der Waals surface area contributed by atoms with E-state index in [4.69, 9.17) is 0 Å². The summed E-state index contributed by atoms with van der Waals surface area (Å²) in [5, 5.41) is 5.96. The molecule has 0 spiro atoms. The Morgan fingerprint density at radius 3 is 2.26 bits per heavy atom. The Kier molecular flexibility index (Phi) is 9.25. The minimum atomic E-state index is -0.120. The van der Waals surface area contributed by atoms with Gasteiger partial charge in [0, 0.05) is 57.1 Å². The molecule has 0 aromatic heterocycles. The highest BCUT2D eigenvalue weighted by molar-refractivity contribution is 5.94. The number of rotatable bonds is 8. The average Bonchev–Trinajstić information content (AvgIpc) is 2.87. The number of hydrogen-bond acceptors (Lipinski definition) is 4. The highest BCUT2D eigenvalue weighted by Gasteiger charge is 2.22. The van der Waals surface area contributed by atoms with Crippen LogP contribution in [0.3, 0.4) is 0 Å². The third-order valence-corrected chi connectivity index (χ3v) is 6.44. The van der Waals surface area contributed by atoms with Crippen molar-refractivity contribution in [2.45, 2.75) is 39.8 Å². The molecule has 0 radical (unpaired) electrons. The van der Waals surface area contributed by atoms with E-state index in [-0.39, 0.29) is 23.9 Å². The molecule has 2 aromatic rings. The lowest BCUT2D eigenvalue weighted by molar-refractivity contribution is -0.117. The number of aryl methyl sites for hydroxylation is 1. The molecule has 35 heavy (non-hydrogen) atoms. The normalized spacial score (nSPS) is 14.0. The van der Waals surface area contributed by atoms with Gasteiger partial charge in [-0.1, -0.05) is 37.3 Å². The number of nitrogens with one attached hydrogen (secondary N) is 2. The highest BCUT2D eigenvalue weighted by atomic mass is 16.2. The predicted octanol–water partition coefficient (Wildman–Crippen LogP) is 3.20. The lowest BCUT2D eigenvalue weighted by Gasteiger charge is -2.34. The van der Waals surface area contributed by atoms with Gasteiger partial charge in [-0.15, -0.1) is 0 Å². The molecule has 0 bridgehead atoms. The number of carbonyl (C=O) groups is 3. The second kappa shape index (κ2) is 12.4. The van der Waals surface area contributed by atoms with E-state index in [1.165, 1.54) is 0 Å². The molecule has 0 unspecified atom stereocenters. The fourth-order valence-electron chi connectivity index (χ4n) is 3.95. The SMILES string of the molecule is CCc1ccccc1NC(=O)CN1CCN(C(=O)NCc2ccc(C(=O)N(C)C(C)C)cc2)CC1. The predicted molar refractivity (Wildman–Crippen MR) is 138 cm³/mol. The molecule has 2 N–H and O–H groups in total. The molecule has 1 saturated heterocycles. The smallest absolute Gasteiger partial charge is 0.317 e. The molecule has 0 atom stereocenters. The van der Waals surface area contributed by atoms with Gasteiger partial charge in [0.15, 0.2) is 0 Å². The highest BCUT2D eigenvalue weighted by Crippen LogP contribution is 2.15. The lowest BCUT2D eigenvalue weighted by atomic mass is 10.1. The zero-order valence-electron chi connectivity index (χ0n) is 21.2. The lowest BCUT2D eigenvalue weighted by Crippen LogP contribution is -2.52. The molecule has 8 heteroatoms. The summed E-state index contributed by atoms with van der Waals surface area (Å²) in [7, 11) is 1.79. The van der Waals surface area contributed by atoms with Crippen molar-refractivity contribution in [1.29, 1.82) is 0 Å². The van der Waals surface area contributed by atoms with Gasteiger partial charge in [0.1, 0.15) is 0 Å².